The summed E-state index contributed by atoms with van der Waals surface area (Å²) in [6.07, 6.45) is 1.55. The molecule has 3 unspecified atom stereocenters. The molecule has 4 N–H and O–H groups in total. The van der Waals surface area contributed by atoms with Crippen molar-refractivity contribution < 1.29 is 23.1 Å². The highest BCUT2D eigenvalue weighted by atomic mass is 32.2. The summed E-state index contributed by atoms with van der Waals surface area (Å²) in [6, 6.07) is 7.33. The predicted octanol–water partition coefficient (Wildman–Crippen LogP) is 0.320. The quantitative estimate of drug-likeness (QED) is 0.437. The van der Waals surface area contributed by atoms with Crippen LogP contribution in [0.2, 0.25) is 0 Å². The van der Waals surface area contributed by atoms with Gasteiger partial charge in [0.15, 0.2) is 6.10 Å². The second kappa shape index (κ2) is 11.5. The first-order valence-electron chi connectivity index (χ1n) is 11.3. The number of aromatic nitrogens is 2. The van der Waals surface area contributed by atoms with Crippen molar-refractivity contribution in [1.29, 1.82) is 0 Å². The van der Waals surface area contributed by atoms with Gasteiger partial charge in [-0.15, -0.1) is 0 Å². The Balaban J connectivity index is 1.84. The van der Waals surface area contributed by atoms with E-state index in [9.17, 15) is 23.1 Å². The molecule has 0 fully saturated rings. The van der Waals surface area contributed by atoms with E-state index in [0.29, 0.717) is 30.9 Å². The zero-order chi connectivity index (χ0) is 24.7. The number of fused-ring (bicyclic) bond motifs is 2. The van der Waals surface area contributed by atoms with E-state index in [0.717, 1.165) is 0 Å². The van der Waals surface area contributed by atoms with Crippen LogP contribution in [0.4, 0.5) is 0 Å². The fraction of sp³-hybridized carbons (Fsp3) is 0.478. The molecule has 34 heavy (non-hydrogen) atoms. The van der Waals surface area contributed by atoms with Gasteiger partial charge in [0.05, 0.1) is 10.9 Å². The molecule has 2 aromatic rings. The summed E-state index contributed by atoms with van der Waals surface area (Å²) in [5.41, 5.74) is 0.564. The van der Waals surface area contributed by atoms with Gasteiger partial charge < -0.3 is 15.7 Å². The maximum absolute atomic E-state index is 13.2. The Morgan fingerprint density at radius 3 is 2.68 bits per heavy atom. The van der Waals surface area contributed by atoms with Crippen LogP contribution >= 0.6 is 0 Å². The number of carbonyl (C=O) groups is 2. The molecule has 1 aromatic heterocycles. The molecule has 0 saturated heterocycles. The first-order valence-corrected chi connectivity index (χ1v) is 12.8. The fourth-order valence-electron chi connectivity index (χ4n) is 3.71. The first-order chi connectivity index (χ1) is 16.2. The zero-order valence-electron chi connectivity index (χ0n) is 19.3. The van der Waals surface area contributed by atoms with Crippen LogP contribution in [-0.2, 0) is 32.5 Å². The van der Waals surface area contributed by atoms with Gasteiger partial charge >= 0.3 is 0 Å². The lowest BCUT2D eigenvalue weighted by Crippen LogP contribution is -2.56. The summed E-state index contributed by atoms with van der Waals surface area (Å²) in [5, 5.41) is 16.0. The van der Waals surface area contributed by atoms with E-state index in [-0.39, 0.29) is 23.7 Å². The number of nitrogens with one attached hydrogen (secondary N) is 3. The molecule has 0 spiro atoms. The molecule has 3 rings (SSSR count). The summed E-state index contributed by atoms with van der Waals surface area (Å²) in [5.74, 6) is -0.631. The zero-order valence-corrected chi connectivity index (χ0v) is 20.1. The molecule has 2 heterocycles. The first kappa shape index (κ1) is 25.7. The second-order valence-electron chi connectivity index (χ2n) is 8.74. The number of amides is 2. The van der Waals surface area contributed by atoms with Gasteiger partial charge in [0.2, 0.25) is 15.9 Å². The number of sulfonamides is 1. The van der Waals surface area contributed by atoms with Gasteiger partial charge in [-0.2, -0.15) is 4.72 Å². The topological polar surface area (TPSA) is 150 Å². The second-order valence-corrected chi connectivity index (χ2v) is 10.5. The SMILES string of the molecule is CC(C)CC(NS(=O)(=O)c1ccccc1)C(=O)NC1Cc2ccnc(n2)CCCNC(=O)C1O. The molecule has 11 heteroatoms. The minimum Gasteiger partial charge on any atom is -0.381 e. The van der Waals surface area contributed by atoms with E-state index in [1.165, 1.54) is 12.1 Å². The van der Waals surface area contributed by atoms with Crippen LogP contribution < -0.4 is 15.4 Å². The smallest absolute Gasteiger partial charge is 0.251 e. The maximum atomic E-state index is 13.2. The number of aliphatic hydroxyl groups excluding tert-OH is 1. The van der Waals surface area contributed by atoms with Crippen molar-refractivity contribution in [3.8, 4) is 0 Å². The van der Waals surface area contributed by atoms with Crippen LogP contribution in [0, 0.1) is 5.92 Å². The Morgan fingerprint density at radius 2 is 1.97 bits per heavy atom. The van der Waals surface area contributed by atoms with Gasteiger partial charge in [0.1, 0.15) is 11.9 Å². The van der Waals surface area contributed by atoms with Gasteiger partial charge in [0, 0.05) is 31.3 Å². The molecule has 2 amide bonds. The number of aliphatic hydroxyl groups is 1. The lowest BCUT2D eigenvalue weighted by Gasteiger charge is -2.27. The Bertz CT molecular complexity index is 1090. The summed E-state index contributed by atoms with van der Waals surface area (Å²) in [4.78, 5) is 34.4. The predicted molar refractivity (Wildman–Crippen MR) is 125 cm³/mol. The van der Waals surface area contributed by atoms with Gasteiger partial charge in [-0.05, 0) is 37.0 Å². The van der Waals surface area contributed by atoms with Gasteiger partial charge in [-0.1, -0.05) is 32.0 Å². The summed E-state index contributed by atoms with van der Waals surface area (Å²) in [7, 11) is -3.96. The lowest BCUT2D eigenvalue weighted by atomic mass is 10.0. The third-order valence-electron chi connectivity index (χ3n) is 5.42. The summed E-state index contributed by atoms with van der Waals surface area (Å²) < 4.78 is 28.2. The Kier molecular flexibility index (Phi) is 8.70. The number of rotatable bonds is 7. The standard InChI is InChI=1S/C23H31N5O5S/c1-15(2)13-19(28-34(32,33)17-7-4-3-5-8-17)22(30)27-18-14-16-10-12-24-20(26-16)9-6-11-25-23(31)21(18)29/h3-5,7-8,10,12,15,18-19,21,28-29H,6,9,11,13-14H2,1-2H3,(H,25,31)(H,27,30). The number of aryl methyl sites for hydroxylation is 1. The molecule has 184 valence electrons. The van der Waals surface area contributed by atoms with Crippen LogP contribution in [0.25, 0.3) is 0 Å². The monoisotopic (exact) mass is 489 g/mol. The number of nitrogens with zero attached hydrogens (tertiary/aromatic N) is 2. The highest BCUT2D eigenvalue weighted by Crippen LogP contribution is 2.14. The molecule has 1 aliphatic heterocycles. The molecule has 2 bridgehead atoms. The number of carbonyl (C=O) groups excluding carboxylic acids is 2. The molecule has 3 atom stereocenters. The Hall–Kier alpha value is -2.89. The van der Waals surface area contributed by atoms with Crippen molar-refractivity contribution in [3.63, 3.8) is 0 Å². The number of benzene rings is 1. The molecule has 1 aromatic carbocycles. The van der Waals surface area contributed by atoms with Crippen molar-refractivity contribution in [1.82, 2.24) is 25.3 Å². The van der Waals surface area contributed by atoms with E-state index < -0.39 is 40.0 Å². The summed E-state index contributed by atoms with van der Waals surface area (Å²) in [6.45, 7) is 4.07. The van der Waals surface area contributed by atoms with Gasteiger partial charge in [0.25, 0.3) is 5.91 Å². The third-order valence-corrected chi connectivity index (χ3v) is 6.91. The summed E-state index contributed by atoms with van der Waals surface area (Å²) >= 11 is 0. The largest absolute Gasteiger partial charge is 0.381 e. The maximum Gasteiger partial charge on any atom is 0.251 e. The fourth-order valence-corrected chi connectivity index (χ4v) is 4.94. The van der Waals surface area contributed by atoms with Crippen LogP contribution in [0.1, 0.15) is 38.2 Å². The van der Waals surface area contributed by atoms with Crippen LogP contribution in [0.5, 0.6) is 0 Å². The van der Waals surface area contributed by atoms with E-state index in [1.54, 1.807) is 30.5 Å². The Labute approximate surface area is 199 Å². The van der Waals surface area contributed by atoms with E-state index >= 15 is 0 Å². The number of hydrogen-bond donors (Lipinski definition) is 4. The van der Waals surface area contributed by atoms with Crippen molar-refractivity contribution in [2.75, 3.05) is 6.54 Å². The average Bonchev–Trinajstić information content (AvgIpc) is 2.81. The molecule has 0 radical (unpaired) electrons. The van der Waals surface area contributed by atoms with Gasteiger partial charge in [-0.25, -0.2) is 18.4 Å². The van der Waals surface area contributed by atoms with Crippen molar-refractivity contribution in [2.24, 2.45) is 5.92 Å². The average molecular weight is 490 g/mol. The van der Waals surface area contributed by atoms with Crippen LogP contribution in [0.3, 0.4) is 0 Å². The molecule has 10 nitrogen and oxygen atoms in total. The van der Waals surface area contributed by atoms with Crippen LogP contribution in [0.15, 0.2) is 47.5 Å². The lowest BCUT2D eigenvalue weighted by molar-refractivity contribution is -0.132. The van der Waals surface area contributed by atoms with E-state index in [1.807, 2.05) is 13.8 Å². The van der Waals surface area contributed by atoms with Crippen molar-refractivity contribution >= 4 is 21.8 Å². The minimum absolute atomic E-state index is 0.000531. The molecule has 1 aliphatic rings. The van der Waals surface area contributed by atoms with E-state index in [4.69, 9.17) is 0 Å². The molecule has 0 aliphatic carbocycles. The molecule has 0 saturated carbocycles. The van der Waals surface area contributed by atoms with E-state index in [2.05, 4.69) is 25.3 Å². The third kappa shape index (κ3) is 7.05. The number of hydrogen-bond acceptors (Lipinski definition) is 7. The highest BCUT2D eigenvalue weighted by molar-refractivity contribution is 7.89. The normalized spacial score (nSPS) is 20.2. The van der Waals surface area contributed by atoms with Crippen molar-refractivity contribution in [3.05, 3.63) is 54.1 Å². The molecular formula is C23H31N5O5S. The minimum atomic E-state index is -3.96. The van der Waals surface area contributed by atoms with Gasteiger partial charge in [-0.3, -0.25) is 9.59 Å². The molecular weight excluding hydrogens is 458 g/mol. The van der Waals surface area contributed by atoms with Crippen LogP contribution in [-0.4, -0.2) is 60.0 Å². The Morgan fingerprint density at radius 1 is 1.24 bits per heavy atom. The highest BCUT2D eigenvalue weighted by Gasteiger charge is 2.33. The van der Waals surface area contributed by atoms with Crippen molar-refractivity contribution in [2.45, 2.75) is 62.6 Å².